The fourth-order valence-electron chi connectivity index (χ4n) is 2.58. The van der Waals surface area contributed by atoms with Crippen LogP contribution in [0.5, 0.6) is 0 Å². The van der Waals surface area contributed by atoms with Crippen LogP contribution in [0.15, 0.2) is 18.2 Å². The third-order valence-corrected chi connectivity index (χ3v) is 4.65. The Bertz CT molecular complexity index is 593. The van der Waals surface area contributed by atoms with Crippen LogP contribution in [0.3, 0.4) is 0 Å². The summed E-state index contributed by atoms with van der Waals surface area (Å²) < 4.78 is 0. The average Bonchev–Trinajstić information content (AvgIpc) is 2.85. The topological polar surface area (TPSA) is 52.6 Å². The van der Waals surface area contributed by atoms with E-state index in [0.29, 0.717) is 28.8 Å². The molecule has 1 aromatic rings. The third-order valence-electron chi connectivity index (χ3n) is 3.83. The van der Waals surface area contributed by atoms with Crippen LogP contribution in [0.4, 0.5) is 5.69 Å². The summed E-state index contributed by atoms with van der Waals surface area (Å²) in [6.07, 6.45) is 1.14. The maximum absolute atomic E-state index is 12.4. The van der Waals surface area contributed by atoms with Crippen LogP contribution < -0.4 is 5.32 Å². The minimum absolute atomic E-state index is 0.0288. The van der Waals surface area contributed by atoms with Gasteiger partial charge in [0.2, 0.25) is 11.8 Å². The molecule has 0 saturated carbocycles. The number of likely N-dealkylation sites (tertiary alicyclic amines) is 1. The van der Waals surface area contributed by atoms with E-state index in [0.717, 1.165) is 13.0 Å². The van der Waals surface area contributed by atoms with E-state index in [1.165, 1.54) is 0 Å². The van der Waals surface area contributed by atoms with Gasteiger partial charge in [0.15, 0.2) is 0 Å². The van der Waals surface area contributed by atoms with Gasteiger partial charge >= 0.3 is 0 Å². The van der Waals surface area contributed by atoms with Gasteiger partial charge in [0.25, 0.3) is 0 Å². The molecule has 1 atom stereocenters. The molecule has 1 aliphatic heterocycles. The molecule has 0 bridgehead atoms. The quantitative estimate of drug-likeness (QED) is 0.851. The zero-order chi connectivity index (χ0) is 17.0. The summed E-state index contributed by atoms with van der Waals surface area (Å²) in [5.74, 6) is -0.518. The third kappa shape index (κ3) is 4.83. The standard InChI is InChI=1S/C16H21Cl2N3O2/c1-20(2)7-4-8-21-10-11(9-14(21)22)16(23)19-13-6-3-5-12(17)15(13)18/h3,5-6,11H,4,7-10H2,1-2H3,(H,19,23). The number of nitrogens with one attached hydrogen (secondary N) is 1. The van der Waals surface area contributed by atoms with Gasteiger partial charge in [-0.15, -0.1) is 0 Å². The van der Waals surface area contributed by atoms with Gasteiger partial charge in [-0.05, 0) is 39.2 Å². The Hall–Kier alpha value is -1.30. The number of hydrogen-bond acceptors (Lipinski definition) is 3. The molecule has 1 unspecified atom stereocenters. The molecule has 0 spiro atoms. The molecule has 1 heterocycles. The first-order valence-corrected chi connectivity index (χ1v) is 8.31. The number of carbonyl (C=O) groups is 2. The second kappa shape index (κ2) is 7.99. The minimum Gasteiger partial charge on any atom is -0.342 e. The Morgan fingerprint density at radius 3 is 2.83 bits per heavy atom. The van der Waals surface area contributed by atoms with Crippen molar-refractivity contribution in [2.24, 2.45) is 5.92 Å². The molecule has 0 radical (unpaired) electrons. The van der Waals surface area contributed by atoms with Crippen LogP contribution >= 0.6 is 23.2 Å². The van der Waals surface area contributed by atoms with Crippen LogP contribution in [-0.2, 0) is 9.59 Å². The van der Waals surface area contributed by atoms with E-state index >= 15 is 0 Å². The van der Waals surface area contributed by atoms with Gasteiger partial charge in [-0.25, -0.2) is 0 Å². The summed E-state index contributed by atoms with van der Waals surface area (Å²) in [4.78, 5) is 28.2. The highest BCUT2D eigenvalue weighted by Gasteiger charge is 2.34. The van der Waals surface area contributed by atoms with Crippen molar-refractivity contribution in [3.63, 3.8) is 0 Å². The van der Waals surface area contributed by atoms with Crippen LogP contribution in [0.25, 0.3) is 0 Å². The Labute approximate surface area is 146 Å². The summed E-state index contributed by atoms with van der Waals surface area (Å²) in [7, 11) is 3.99. The number of benzene rings is 1. The van der Waals surface area contributed by atoms with Crippen molar-refractivity contribution < 1.29 is 9.59 Å². The van der Waals surface area contributed by atoms with Crippen LogP contribution in [0, 0.1) is 5.92 Å². The molecule has 126 valence electrons. The first kappa shape index (κ1) is 18.0. The number of amides is 2. The van der Waals surface area contributed by atoms with E-state index < -0.39 is 0 Å². The monoisotopic (exact) mass is 357 g/mol. The zero-order valence-electron chi connectivity index (χ0n) is 13.3. The summed E-state index contributed by atoms with van der Waals surface area (Å²) >= 11 is 12.0. The van der Waals surface area contributed by atoms with E-state index in [2.05, 4.69) is 10.2 Å². The molecule has 5 nitrogen and oxygen atoms in total. The number of anilines is 1. The lowest BCUT2D eigenvalue weighted by Crippen LogP contribution is -2.30. The van der Waals surface area contributed by atoms with Crippen molar-refractivity contribution in [2.75, 3.05) is 39.0 Å². The Morgan fingerprint density at radius 1 is 1.39 bits per heavy atom. The molecular formula is C16H21Cl2N3O2. The molecule has 1 fully saturated rings. The molecule has 1 aromatic carbocycles. The highest BCUT2D eigenvalue weighted by Crippen LogP contribution is 2.30. The highest BCUT2D eigenvalue weighted by atomic mass is 35.5. The Balaban J connectivity index is 1.91. The molecule has 2 amide bonds. The van der Waals surface area contributed by atoms with Crippen LogP contribution in [0.2, 0.25) is 10.0 Å². The molecular weight excluding hydrogens is 337 g/mol. The summed E-state index contributed by atoms with van der Waals surface area (Å²) in [5.41, 5.74) is 0.475. The second-order valence-electron chi connectivity index (χ2n) is 5.99. The maximum Gasteiger partial charge on any atom is 0.229 e. The number of nitrogens with zero attached hydrogens (tertiary/aromatic N) is 2. The van der Waals surface area contributed by atoms with Gasteiger partial charge in [0.1, 0.15) is 0 Å². The summed E-state index contributed by atoms with van der Waals surface area (Å²) in [6, 6.07) is 5.07. The van der Waals surface area contributed by atoms with Gasteiger partial charge in [0, 0.05) is 19.5 Å². The largest absolute Gasteiger partial charge is 0.342 e. The number of hydrogen-bond donors (Lipinski definition) is 1. The van der Waals surface area contributed by atoms with Crippen molar-refractivity contribution in [1.82, 2.24) is 9.80 Å². The van der Waals surface area contributed by atoms with Crippen molar-refractivity contribution in [2.45, 2.75) is 12.8 Å². The fraction of sp³-hybridized carbons (Fsp3) is 0.500. The van der Waals surface area contributed by atoms with E-state index in [1.54, 1.807) is 23.1 Å². The smallest absolute Gasteiger partial charge is 0.229 e. The zero-order valence-corrected chi connectivity index (χ0v) is 14.8. The minimum atomic E-state index is -0.350. The first-order chi connectivity index (χ1) is 10.9. The summed E-state index contributed by atoms with van der Waals surface area (Å²) in [6.45, 7) is 2.05. The lowest BCUT2D eigenvalue weighted by Gasteiger charge is -2.18. The second-order valence-corrected chi connectivity index (χ2v) is 6.77. The molecule has 2 rings (SSSR count). The lowest BCUT2D eigenvalue weighted by molar-refractivity contribution is -0.128. The molecule has 0 aliphatic carbocycles. The first-order valence-electron chi connectivity index (χ1n) is 7.56. The lowest BCUT2D eigenvalue weighted by atomic mass is 10.1. The summed E-state index contributed by atoms with van der Waals surface area (Å²) in [5, 5.41) is 3.47. The number of carbonyl (C=O) groups excluding carboxylic acids is 2. The molecule has 23 heavy (non-hydrogen) atoms. The highest BCUT2D eigenvalue weighted by molar-refractivity contribution is 6.44. The van der Waals surface area contributed by atoms with E-state index in [-0.39, 0.29) is 24.2 Å². The molecule has 1 aliphatic rings. The van der Waals surface area contributed by atoms with Crippen LogP contribution in [-0.4, -0.2) is 55.3 Å². The van der Waals surface area contributed by atoms with Crippen molar-refractivity contribution in [3.8, 4) is 0 Å². The van der Waals surface area contributed by atoms with E-state index in [9.17, 15) is 9.59 Å². The SMILES string of the molecule is CN(C)CCCN1CC(C(=O)Nc2cccc(Cl)c2Cl)CC1=O. The molecule has 7 heteroatoms. The normalized spacial score (nSPS) is 17.9. The number of halogens is 2. The number of rotatable bonds is 6. The van der Waals surface area contributed by atoms with E-state index in [4.69, 9.17) is 23.2 Å². The fourth-order valence-corrected chi connectivity index (χ4v) is 2.92. The van der Waals surface area contributed by atoms with Gasteiger partial charge in [-0.1, -0.05) is 29.3 Å². The van der Waals surface area contributed by atoms with Gasteiger partial charge < -0.3 is 15.1 Å². The van der Waals surface area contributed by atoms with E-state index in [1.807, 2.05) is 14.1 Å². The molecule has 0 aromatic heterocycles. The predicted molar refractivity (Wildman–Crippen MR) is 92.9 cm³/mol. The average molecular weight is 358 g/mol. The van der Waals surface area contributed by atoms with Gasteiger partial charge in [-0.2, -0.15) is 0 Å². The predicted octanol–water partition coefficient (Wildman–Crippen LogP) is 2.73. The van der Waals surface area contributed by atoms with Crippen molar-refractivity contribution in [3.05, 3.63) is 28.2 Å². The maximum atomic E-state index is 12.4. The Morgan fingerprint density at radius 2 is 2.13 bits per heavy atom. The molecule has 1 saturated heterocycles. The van der Waals surface area contributed by atoms with Crippen molar-refractivity contribution in [1.29, 1.82) is 0 Å². The van der Waals surface area contributed by atoms with Crippen LogP contribution in [0.1, 0.15) is 12.8 Å². The molecule has 1 N–H and O–H groups in total. The van der Waals surface area contributed by atoms with Gasteiger partial charge in [-0.3, -0.25) is 9.59 Å². The van der Waals surface area contributed by atoms with Gasteiger partial charge in [0.05, 0.1) is 21.7 Å². The van der Waals surface area contributed by atoms with Crippen molar-refractivity contribution >= 4 is 40.7 Å². The Kier molecular flexibility index (Phi) is 6.27.